The molecule has 3 N–H and O–H groups in total. The van der Waals surface area contributed by atoms with Gasteiger partial charge in [-0.3, -0.25) is 4.79 Å². The number of sulfonamides is 1. The third-order valence-corrected chi connectivity index (χ3v) is 6.41. The third-order valence-electron chi connectivity index (χ3n) is 5.17. The SMILES string of the molecule is CC(OC(=O)c1cc(S(N)(=O)=O)ccc1Cl)C(=O)NC1CCCC(C)C1C. The van der Waals surface area contributed by atoms with Gasteiger partial charge in [0.2, 0.25) is 10.0 Å². The molecule has 0 radical (unpaired) electrons. The largest absolute Gasteiger partial charge is 0.449 e. The van der Waals surface area contributed by atoms with Gasteiger partial charge < -0.3 is 10.1 Å². The maximum Gasteiger partial charge on any atom is 0.340 e. The van der Waals surface area contributed by atoms with Gasteiger partial charge in [-0.15, -0.1) is 0 Å². The molecular weight excluding hydrogens is 392 g/mol. The minimum atomic E-state index is -4.00. The Bertz CT molecular complexity index is 827. The molecule has 0 aliphatic heterocycles. The Morgan fingerprint density at radius 3 is 2.59 bits per heavy atom. The minimum Gasteiger partial charge on any atom is -0.449 e. The summed E-state index contributed by atoms with van der Waals surface area (Å²) in [4.78, 5) is 24.5. The predicted molar refractivity (Wildman–Crippen MR) is 102 cm³/mol. The van der Waals surface area contributed by atoms with Crippen molar-refractivity contribution < 1.29 is 22.7 Å². The molecule has 2 rings (SSSR count). The lowest BCUT2D eigenvalue weighted by Gasteiger charge is -2.35. The van der Waals surface area contributed by atoms with E-state index in [0.29, 0.717) is 11.8 Å². The second-order valence-corrected chi connectivity index (χ2v) is 9.09. The van der Waals surface area contributed by atoms with E-state index in [9.17, 15) is 18.0 Å². The van der Waals surface area contributed by atoms with Crippen LogP contribution >= 0.6 is 11.6 Å². The van der Waals surface area contributed by atoms with Gasteiger partial charge in [0.05, 0.1) is 15.5 Å². The number of halogens is 1. The zero-order valence-electron chi connectivity index (χ0n) is 15.6. The number of carbonyl (C=O) groups is 2. The number of primary sulfonamides is 1. The number of nitrogens with two attached hydrogens (primary N) is 1. The summed E-state index contributed by atoms with van der Waals surface area (Å²) in [5, 5.41) is 8.02. The van der Waals surface area contributed by atoms with Crippen molar-refractivity contribution in [1.29, 1.82) is 0 Å². The van der Waals surface area contributed by atoms with Gasteiger partial charge in [-0.25, -0.2) is 18.4 Å². The predicted octanol–water partition coefficient (Wildman–Crippen LogP) is 2.47. The maximum atomic E-state index is 12.4. The van der Waals surface area contributed by atoms with Crippen molar-refractivity contribution in [3.05, 3.63) is 28.8 Å². The normalized spacial score (nSPS) is 24.1. The monoisotopic (exact) mass is 416 g/mol. The number of carbonyl (C=O) groups excluding carboxylic acids is 2. The molecule has 0 heterocycles. The summed E-state index contributed by atoms with van der Waals surface area (Å²) < 4.78 is 28.1. The molecule has 0 spiro atoms. The van der Waals surface area contributed by atoms with Crippen LogP contribution in [0.2, 0.25) is 5.02 Å². The second kappa shape index (κ2) is 8.58. The van der Waals surface area contributed by atoms with Gasteiger partial charge in [0, 0.05) is 6.04 Å². The highest BCUT2D eigenvalue weighted by atomic mass is 35.5. The molecule has 1 aromatic rings. The molecule has 9 heteroatoms. The number of ether oxygens (including phenoxy) is 1. The van der Waals surface area contributed by atoms with Crippen molar-refractivity contribution in [2.24, 2.45) is 17.0 Å². The van der Waals surface area contributed by atoms with E-state index in [1.807, 2.05) is 0 Å². The van der Waals surface area contributed by atoms with E-state index in [2.05, 4.69) is 19.2 Å². The van der Waals surface area contributed by atoms with Crippen LogP contribution in [-0.2, 0) is 19.6 Å². The highest BCUT2D eigenvalue weighted by molar-refractivity contribution is 7.89. The summed E-state index contributed by atoms with van der Waals surface area (Å²) in [6.07, 6.45) is 2.02. The Morgan fingerprint density at radius 1 is 1.30 bits per heavy atom. The van der Waals surface area contributed by atoms with E-state index >= 15 is 0 Å². The number of hydrogen-bond donors (Lipinski definition) is 2. The summed E-state index contributed by atoms with van der Waals surface area (Å²) >= 11 is 5.96. The molecule has 7 nitrogen and oxygen atoms in total. The fraction of sp³-hybridized carbons (Fsp3) is 0.556. The summed E-state index contributed by atoms with van der Waals surface area (Å²) in [5.74, 6) is -0.431. The van der Waals surface area contributed by atoms with Gasteiger partial charge in [0.15, 0.2) is 6.10 Å². The minimum absolute atomic E-state index is 0.00901. The molecule has 1 saturated carbocycles. The lowest BCUT2D eigenvalue weighted by atomic mass is 9.78. The molecule has 1 aliphatic rings. The van der Waals surface area contributed by atoms with E-state index < -0.39 is 28.0 Å². The van der Waals surface area contributed by atoms with Crippen LogP contribution in [0.4, 0.5) is 0 Å². The quantitative estimate of drug-likeness (QED) is 0.715. The van der Waals surface area contributed by atoms with Crippen molar-refractivity contribution in [2.45, 2.75) is 57.1 Å². The lowest BCUT2D eigenvalue weighted by Crippen LogP contribution is -2.47. The first-order chi connectivity index (χ1) is 12.5. The molecule has 0 saturated heterocycles. The number of nitrogens with one attached hydrogen (secondary N) is 1. The molecule has 1 aromatic carbocycles. The summed E-state index contributed by atoms with van der Waals surface area (Å²) in [5.41, 5.74) is -0.164. The van der Waals surface area contributed by atoms with E-state index in [-0.39, 0.29) is 21.5 Å². The van der Waals surface area contributed by atoms with Crippen LogP contribution < -0.4 is 10.5 Å². The summed E-state index contributed by atoms with van der Waals surface area (Å²) in [6, 6.07) is 3.51. The molecule has 1 fully saturated rings. The molecule has 4 atom stereocenters. The van der Waals surface area contributed by atoms with Crippen LogP contribution in [0, 0.1) is 11.8 Å². The zero-order chi connectivity index (χ0) is 20.4. The van der Waals surface area contributed by atoms with Crippen molar-refractivity contribution in [2.75, 3.05) is 0 Å². The van der Waals surface area contributed by atoms with E-state index in [4.69, 9.17) is 21.5 Å². The Morgan fingerprint density at radius 2 is 1.96 bits per heavy atom. The Hall–Kier alpha value is -1.64. The molecule has 0 bridgehead atoms. The maximum absolute atomic E-state index is 12.4. The molecule has 1 aliphatic carbocycles. The first-order valence-corrected chi connectivity index (χ1v) is 10.8. The molecule has 1 amide bonds. The second-order valence-electron chi connectivity index (χ2n) is 7.12. The van der Waals surface area contributed by atoms with Crippen molar-refractivity contribution in [1.82, 2.24) is 5.32 Å². The topological polar surface area (TPSA) is 116 Å². The van der Waals surface area contributed by atoms with E-state index in [0.717, 1.165) is 25.3 Å². The smallest absolute Gasteiger partial charge is 0.340 e. The Balaban J connectivity index is 2.06. The van der Waals surface area contributed by atoms with Gasteiger partial charge in [0.25, 0.3) is 5.91 Å². The van der Waals surface area contributed by atoms with E-state index in [1.165, 1.54) is 19.1 Å². The van der Waals surface area contributed by atoms with Gasteiger partial charge in [-0.1, -0.05) is 38.3 Å². The average Bonchev–Trinajstić information content (AvgIpc) is 2.58. The van der Waals surface area contributed by atoms with Gasteiger partial charge in [-0.2, -0.15) is 0 Å². The van der Waals surface area contributed by atoms with Crippen LogP contribution in [0.25, 0.3) is 0 Å². The zero-order valence-corrected chi connectivity index (χ0v) is 17.1. The Labute approximate surface area is 164 Å². The molecule has 27 heavy (non-hydrogen) atoms. The van der Waals surface area contributed by atoms with Gasteiger partial charge in [0.1, 0.15) is 0 Å². The molecule has 150 valence electrons. The molecule has 4 unspecified atom stereocenters. The number of rotatable bonds is 5. The van der Waals surface area contributed by atoms with Crippen LogP contribution in [0.15, 0.2) is 23.1 Å². The fourth-order valence-electron chi connectivity index (χ4n) is 3.20. The number of esters is 1. The van der Waals surface area contributed by atoms with Crippen molar-refractivity contribution >= 4 is 33.5 Å². The number of benzene rings is 1. The molecular formula is C18H25ClN2O5S. The highest BCUT2D eigenvalue weighted by Gasteiger charge is 2.30. The first kappa shape index (κ1) is 21.7. The van der Waals surface area contributed by atoms with Crippen molar-refractivity contribution in [3.63, 3.8) is 0 Å². The van der Waals surface area contributed by atoms with Crippen LogP contribution in [0.3, 0.4) is 0 Å². The summed E-state index contributed by atoms with van der Waals surface area (Å²) in [7, 11) is -4.00. The first-order valence-electron chi connectivity index (χ1n) is 8.84. The van der Waals surface area contributed by atoms with E-state index in [1.54, 1.807) is 0 Å². The van der Waals surface area contributed by atoms with Crippen molar-refractivity contribution in [3.8, 4) is 0 Å². The standard InChI is InChI=1S/C18H25ClN2O5S/c1-10-5-4-6-16(11(10)2)21-17(22)12(3)26-18(23)14-9-13(27(20,24)25)7-8-15(14)19/h7-12,16H,4-6H2,1-3H3,(H,21,22)(H2,20,24,25). The van der Waals surface area contributed by atoms with Crippen LogP contribution in [0.5, 0.6) is 0 Å². The van der Waals surface area contributed by atoms with Gasteiger partial charge >= 0.3 is 5.97 Å². The highest BCUT2D eigenvalue weighted by Crippen LogP contribution is 2.29. The van der Waals surface area contributed by atoms with Gasteiger partial charge in [-0.05, 0) is 43.4 Å². The number of amides is 1. The number of hydrogen-bond acceptors (Lipinski definition) is 5. The third kappa shape index (κ3) is 5.43. The fourth-order valence-corrected chi connectivity index (χ4v) is 3.94. The Kier molecular flexibility index (Phi) is 6.88. The van der Waals surface area contributed by atoms with Crippen LogP contribution in [-0.4, -0.2) is 32.4 Å². The molecule has 0 aromatic heterocycles. The summed E-state index contributed by atoms with van der Waals surface area (Å²) in [6.45, 7) is 5.72. The average molecular weight is 417 g/mol. The van der Waals surface area contributed by atoms with Crippen LogP contribution in [0.1, 0.15) is 50.4 Å². The lowest BCUT2D eigenvalue weighted by molar-refractivity contribution is -0.130.